The lowest BCUT2D eigenvalue weighted by molar-refractivity contribution is 0.252. The Morgan fingerprint density at radius 3 is 2.50 bits per heavy atom. The molecule has 1 aromatic carbocycles. The van der Waals surface area contributed by atoms with Gasteiger partial charge >= 0.3 is 6.03 Å². The van der Waals surface area contributed by atoms with E-state index in [1.165, 1.54) is 5.56 Å². The van der Waals surface area contributed by atoms with Crippen LogP contribution >= 0.6 is 0 Å². The molecule has 3 nitrogen and oxygen atoms in total. The van der Waals surface area contributed by atoms with Crippen LogP contribution in [0.5, 0.6) is 0 Å². The first-order chi connectivity index (χ1) is 9.36. The summed E-state index contributed by atoms with van der Waals surface area (Å²) in [6, 6.07) is 6.04. The van der Waals surface area contributed by atoms with Crippen molar-refractivity contribution in [3.63, 3.8) is 0 Å². The maximum atomic E-state index is 12.0. The van der Waals surface area contributed by atoms with Crippen LogP contribution in [0, 0.1) is 6.92 Å². The number of nitrogens with one attached hydrogen (secondary N) is 2. The van der Waals surface area contributed by atoms with Gasteiger partial charge in [-0.05, 0) is 29.9 Å². The highest BCUT2D eigenvalue weighted by atomic mass is 16.2. The summed E-state index contributed by atoms with van der Waals surface area (Å²) >= 11 is 0. The average Bonchev–Trinajstić information content (AvgIpc) is 2.36. The molecule has 0 atom stereocenters. The fourth-order valence-electron chi connectivity index (χ4n) is 2.19. The minimum Gasteiger partial charge on any atom is -0.338 e. The van der Waals surface area contributed by atoms with Crippen molar-refractivity contribution in [1.82, 2.24) is 5.32 Å². The lowest BCUT2D eigenvalue weighted by Gasteiger charge is -2.24. The number of aryl methyl sites for hydroxylation is 1. The molecule has 2 N–H and O–H groups in total. The van der Waals surface area contributed by atoms with Crippen LogP contribution < -0.4 is 10.6 Å². The average molecular weight is 276 g/mol. The van der Waals surface area contributed by atoms with Crippen molar-refractivity contribution >= 4 is 11.7 Å². The summed E-state index contributed by atoms with van der Waals surface area (Å²) < 4.78 is 0. The topological polar surface area (TPSA) is 41.1 Å². The van der Waals surface area contributed by atoms with E-state index in [1.807, 2.05) is 19.1 Å². The highest BCUT2D eigenvalue weighted by molar-refractivity contribution is 5.91. The third-order valence-electron chi connectivity index (χ3n) is 3.39. The van der Waals surface area contributed by atoms with Crippen LogP contribution in [0.3, 0.4) is 0 Å². The number of benzene rings is 1. The lowest BCUT2D eigenvalue weighted by atomic mass is 9.84. The molecule has 0 radical (unpaired) electrons. The Balaban J connectivity index is 2.74. The molecule has 0 aliphatic rings. The molecule has 0 saturated heterocycles. The van der Waals surface area contributed by atoms with Gasteiger partial charge in [-0.2, -0.15) is 0 Å². The molecule has 3 heteroatoms. The minimum absolute atomic E-state index is 0.0108. The first kappa shape index (κ1) is 16.5. The van der Waals surface area contributed by atoms with Crippen LogP contribution in [0.25, 0.3) is 0 Å². The third kappa shape index (κ3) is 4.87. The molecule has 0 aliphatic carbocycles. The van der Waals surface area contributed by atoms with Crippen molar-refractivity contribution < 1.29 is 4.79 Å². The van der Waals surface area contributed by atoms with E-state index >= 15 is 0 Å². The molecule has 0 bridgehead atoms. The van der Waals surface area contributed by atoms with Crippen LogP contribution in [0.4, 0.5) is 10.5 Å². The number of urea groups is 1. The number of anilines is 1. The summed E-state index contributed by atoms with van der Waals surface area (Å²) in [5.41, 5.74) is 3.21. The smallest absolute Gasteiger partial charge is 0.319 e. The van der Waals surface area contributed by atoms with Crippen LogP contribution in [-0.2, 0) is 5.41 Å². The summed E-state index contributed by atoms with van der Waals surface area (Å²) in [4.78, 5) is 12.0. The van der Waals surface area contributed by atoms with E-state index < -0.39 is 0 Å². The summed E-state index contributed by atoms with van der Waals surface area (Å²) in [6.07, 6.45) is 3.34. The normalized spacial score (nSPS) is 11.2. The zero-order valence-corrected chi connectivity index (χ0v) is 13.5. The van der Waals surface area contributed by atoms with Crippen molar-refractivity contribution in [2.45, 2.75) is 59.3 Å². The fraction of sp³-hybridized carbons (Fsp3) is 0.588. The van der Waals surface area contributed by atoms with Gasteiger partial charge in [0.2, 0.25) is 0 Å². The second-order valence-corrected chi connectivity index (χ2v) is 6.34. The van der Waals surface area contributed by atoms with Gasteiger partial charge in [0.1, 0.15) is 0 Å². The lowest BCUT2D eigenvalue weighted by Crippen LogP contribution is -2.31. The number of amides is 2. The Hall–Kier alpha value is -1.51. The predicted octanol–water partition coefficient (Wildman–Crippen LogP) is 4.60. The van der Waals surface area contributed by atoms with Crippen LogP contribution in [0.2, 0.25) is 0 Å². The van der Waals surface area contributed by atoms with E-state index in [0.717, 1.165) is 37.1 Å². The summed E-state index contributed by atoms with van der Waals surface area (Å²) in [7, 11) is 0. The molecule has 1 rings (SSSR count). The quantitative estimate of drug-likeness (QED) is 0.758. The first-order valence-corrected chi connectivity index (χ1v) is 7.51. The van der Waals surface area contributed by atoms with Crippen LogP contribution in [0.15, 0.2) is 18.2 Å². The van der Waals surface area contributed by atoms with Crippen molar-refractivity contribution in [2.24, 2.45) is 0 Å². The number of hydrogen-bond acceptors (Lipinski definition) is 1. The highest BCUT2D eigenvalue weighted by Gasteiger charge is 2.20. The SMILES string of the molecule is CCCCCNC(=O)Nc1c(C)cccc1C(C)(C)C. The number of carbonyl (C=O) groups is 1. The summed E-state index contributed by atoms with van der Waals surface area (Å²) in [5, 5.41) is 5.93. The van der Waals surface area contributed by atoms with Gasteiger partial charge in [-0.3, -0.25) is 0 Å². The molecule has 112 valence electrons. The predicted molar refractivity (Wildman–Crippen MR) is 86.4 cm³/mol. The molecular weight excluding hydrogens is 248 g/mol. The summed E-state index contributed by atoms with van der Waals surface area (Å²) in [5.74, 6) is 0. The number of carbonyl (C=O) groups excluding carboxylic acids is 1. The van der Waals surface area contributed by atoms with Crippen molar-refractivity contribution in [1.29, 1.82) is 0 Å². The summed E-state index contributed by atoms with van der Waals surface area (Å²) in [6.45, 7) is 11.4. The van der Waals surface area contributed by atoms with E-state index in [2.05, 4.69) is 44.4 Å². The number of unbranched alkanes of at least 4 members (excludes halogenated alkanes) is 2. The van der Waals surface area contributed by atoms with Crippen LogP contribution in [0.1, 0.15) is 58.1 Å². The molecule has 0 aliphatic heterocycles. The highest BCUT2D eigenvalue weighted by Crippen LogP contribution is 2.31. The number of rotatable bonds is 5. The van der Waals surface area contributed by atoms with E-state index in [4.69, 9.17) is 0 Å². The van der Waals surface area contributed by atoms with Crippen molar-refractivity contribution in [3.8, 4) is 0 Å². The molecule has 0 fully saturated rings. The van der Waals surface area contributed by atoms with Gasteiger partial charge in [-0.25, -0.2) is 4.79 Å². The minimum atomic E-state index is -0.110. The Labute approximate surface area is 123 Å². The molecule has 2 amide bonds. The third-order valence-corrected chi connectivity index (χ3v) is 3.39. The van der Waals surface area contributed by atoms with E-state index in [-0.39, 0.29) is 11.4 Å². The molecular formula is C17H28N2O. The van der Waals surface area contributed by atoms with Gasteiger partial charge in [0.05, 0.1) is 0 Å². The maximum Gasteiger partial charge on any atom is 0.319 e. The number of hydrogen-bond donors (Lipinski definition) is 2. The molecule has 0 heterocycles. The van der Waals surface area contributed by atoms with Gasteiger partial charge in [0.25, 0.3) is 0 Å². The fourth-order valence-corrected chi connectivity index (χ4v) is 2.19. The second kappa shape index (κ2) is 7.32. The molecule has 0 spiro atoms. The maximum absolute atomic E-state index is 12.0. The zero-order valence-electron chi connectivity index (χ0n) is 13.5. The second-order valence-electron chi connectivity index (χ2n) is 6.34. The van der Waals surface area contributed by atoms with Gasteiger partial charge in [-0.15, -0.1) is 0 Å². The standard InChI is InChI=1S/C17H28N2O/c1-6-7-8-12-18-16(20)19-15-13(2)10-9-11-14(15)17(3,4)5/h9-11H,6-8,12H2,1-5H3,(H2,18,19,20). The molecule has 0 saturated carbocycles. The van der Waals surface area contributed by atoms with Crippen molar-refractivity contribution in [2.75, 3.05) is 11.9 Å². The molecule has 0 aromatic heterocycles. The van der Waals surface area contributed by atoms with Gasteiger partial charge in [0.15, 0.2) is 0 Å². The Morgan fingerprint density at radius 1 is 1.20 bits per heavy atom. The molecule has 0 unspecified atom stereocenters. The Bertz CT molecular complexity index is 447. The van der Waals surface area contributed by atoms with Gasteiger partial charge in [-0.1, -0.05) is 58.7 Å². The Morgan fingerprint density at radius 2 is 1.90 bits per heavy atom. The molecule has 20 heavy (non-hydrogen) atoms. The first-order valence-electron chi connectivity index (χ1n) is 7.51. The van der Waals surface area contributed by atoms with Crippen molar-refractivity contribution in [3.05, 3.63) is 29.3 Å². The van der Waals surface area contributed by atoms with E-state index in [1.54, 1.807) is 0 Å². The zero-order chi connectivity index (χ0) is 15.2. The van der Waals surface area contributed by atoms with Gasteiger partial charge in [0, 0.05) is 12.2 Å². The largest absolute Gasteiger partial charge is 0.338 e. The monoisotopic (exact) mass is 276 g/mol. The van der Waals surface area contributed by atoms with Crippen LogP contribution in [-0.4, -0.2) is 12.6 Å². The van der Waals surface area contributed by atoms with E-state index in [9.17, 15) is 4.79 Å². The molecule has 1 aromatic rings. The van der Waals surface area contributed by atoms with E-state index in [0.29, 0.717) is 0 Å². The Kier molecular flexibility index (Phi) is 6.05. The van der Waals surface area contributed by atoms with Gasteiger partial charge < -0.3 is 10.6 Å². The number of para-hydroxylation sites is 1.